The van der Waals surface area contributed by atoms with Crippen molar-refractivity contribution >= 4 is 0 Å². The number of aliphatic hydroxyl groups is 1. The van der Waals surface area contributed by atoms with Gasteiger partial charge in [0.15, 0.2) is 0 Å². The second-order valence-corrected chi connectivity index (χ2v) is 3.58. The summed E-state index contributed by atoms with van der Waals surface area (Å²) in [5.74, 6) is 0.869. The summed E-state index contributed by atoms with van der Waals surface area (Å²) in [6, 6.07) is 17.5. The number of hydrogen-bond acceptors (Lipinski definition) is 2. The molecule has 0 aromatic heterocycles. The Morgan fingerprint density at radius 2 is 1.39 bits per heavy atom. The van der Waals surface area contributed by atoms with Gasteiger partial charge in [0.1, 0.15) is 12.4 Å². The summed E-state index contributed by atoms with van der Waals surface area (Å²) in [7, 11) is 0. The molecule has 0 bridgehead atoms. The molecule has 1 N–H and O–H groups in total. The lowest BCUT2D eigenvalue weighted by molar-refractivity contribution is 0.281. The maximum atomic E-state index is 8.91. The minimum absolute atomic E-state index is 0.0832. The maximum absolute atomic E-state index is 8.91. The highest BCUT2D eigenvalue weighted by Crippen LogP contribution is 2.12. The molecule has 2 rings (SSSR count). The fourth-order valence-corrected chi connectivity index (χ4v) is 1.42. The van der Waals surface area contributed by atoms with Gasteiger partial charge in [0, 0.05) is 0 Å². The Hall–Kier alpha value is -1.80. The molecule has 2 nitrogen and oxygen atoms in total. The maximum Gasteiger partial charge on any atom is 0.119 e. The zero-order valence-corrected chi connectivity index (χ0v) is 11.0. The zero-order chi connectivity index (χ0) is 13.2. The number of benzene rings is 2. The smallest absolute Gasteiger partial charge is 0.119 e. The predicted molar refractivity (Wildman–Crippen MR) is 74.5 cm³/mol. The molecule has 2 aromatic carbocycles. The van der Waals surface area contributed by atoms with Crippen LogP contribution in [0.3, 0.4) is 0 Å². The lowest BCUT2D eigenvalue weighted by atomic mass is 10.1. The third-order valence-corrected chi connectivity index (χ3v) is 2.35. The fraction of sp³-hybridized carbons (Fsp3) is 0.250. The Balaban J connectivity index is 0.000000771. The van der Waals surface area contributed by atoms with Crippen LogP contribution in [-0.4, -0.2) is 5.11 Å². The molecule has 2 aromatic rings. The van der Waals surface area contributed by atoms with Crippen LogP contribution < -0.4 is 4.74 Å². The van der Waals surface area contributed by atoms with Gasteiger partial charge in [-0.2, -0.15) is 0 Å². The van der Waals surface area contributed by atoms with Gasteiger partial charge in [0.05, 0.1) is 6.61 Å². The average molecular weight is 244 g/mol. The quantitative estimate of drug-likeness (QED) is 0.886. The Kier molecular flexibility index (Phi) is 6.59. The lowest BCUT2D eigenvalue weighted by Gasteiger charge is -2.06. The largest absolute Gasteiger partial charge is 0.489 e. The molecule has 0 unspecified atom stereocenters. The van der Waals surface area contributed by atoms with Crippen LogP contribution in [0.15, 0.2) is 54.6 Å². The average Bonchev–Trinajstić information content (AvgIpc) is 2.49. The van der Waals surface area contributed by atoms with Gasteiger partial charge in [-0.25, -0.2) is 0 Å². The zero-order valence-electron chi connectivity index (χ0n) is 11.0. The van der Waals surface area contributed by atoms with E-state index in [4.69, 9.17) is 9.84 Å². The molecule has 0 fully saturated rings. The van der Waals surface area contributed by atoms with Crippen molar-refractivity contribution in [2.45, 2.75) is 27.1 Å². The molecule has 0 aliphatic rings. The number of ether oxygens (including phenoxy) is 1. The van der Waals surface area contributed by atoms with Gasteiger partial charge in [0.25, 0.3) is 0 Å². The van der Waals surface area contributed by atoms with E-state index in [1.807, 2.05) is 68.4 Å². The first-order valence-electron chi connectivity index (χ1n) is 6.25. The van der Waals surface area contributed by atoms with Crippen LogP contribution in [0.5, 0.6) is 5.75 Å². The Morgan fingerprint density at radius 3 is 1.94 bits per heavy atom. The Bertz CT molecular complexity index is 421. The molecule has 18 heavy (non-hydrogen) atoms. The van der Waals surface area contributed by atoms with Crippen molar-refractivity contribution < 1.29 is 9.84 Å². The fourth-order valence-electron chi connectivity index (χ4n) is 1.42. The van der Waals surface area contributed by atoms with E-state index in [0.29, 0.717) is 6.61 Å². The summed E-state index contributed by atoms with van der Waals surface area (Å²) in [6.07, 6.45) is 0. The summed E-state index contributed by atoms with van der Waals surface area (Å²) in [6.45, 7) is 4.63. The minimum Gasteiger partial charge on any atom is -0.489 e. The van der Waals surface area contributed by atoms with E-state index in [-0.39, 0.29) is 6.61 Å². The summed E-state index contributed by atoms with van der Waals surface area (Å²) < 4.78 is 5.60. The van der Waals surface area contributed by atoms with Crippen LogP contribution in [0.2, 0.25) is 0 Å². The summed E-state index contributed by atoms with van der Waals surface area (Å²) in [5.41, 5.74) is 2.02. The van der Waals surface area contributed by atoms with Crippen LogP contribution in [0.1, 0.15) is 25.0 Å². The highest BCUT2D eigenvalue weighted by Gasteiger charge is 1.95. The van der Waals surface area contributed by atoms with Gasteiger partial charge < -0.3 is 9.84 Å². The van der Waals surface area contributed by atoms with Gasteiger partial charge >= 0.3 is 0 Å². The van der Waals surface area contributed by atoms with Gasteiger partial charge in [-0.15, -0.1) is 0 Å². The van der Waals surface area contributed by atoms with E-state index in [1.165, 1.54) is 0 Å². The molecular formula is C16H20O2. The Morgan fingerprint density at radius 1 is 0.833 bits per heavy atom. The molecule has 0 spiro atoms. The lowest BCUT2D eigenvalue weighted by Crippen LogP contribution is -1.95. The van der Waals surface area contributed by atoms with Gasteiger partial charge in [-0.05, 0) is 23.3 Å². The third-order valence-electron chi connectivity index (χ3n) is 2.35. The molecule has 2 heteroatoms. The molecule has 0 amide bonds. The number of rotatable bonds is 4. The highest BCUT2D eigenvalue weighted by molar-refractivity contribution is 5.24. The first-order valence-corrected chi connectivity index (χ1v) is 6.25. The molecule has 0 atom stereocenters. The van der Waals surface area contributed by atoms with Crippen molar-refractivity contribution in [1.29, 1.82) is 0 Å². The van der Waals surface area contributed by atoms with Gasteiger partial charge in [0.2, 0.25) is 0 Å². The van der Waals surface area contributed by atoms with Crippen LogP contribution in [0, 0.1) is 0 Å². The molecule has 0 saturated heterocycles. The topological polar surface area (TPSA) is 29.5 Å². The number of aliphatic hydroxyl groups excluding tert-OH is 1. The van der Waals surface area contributed by atoms with Crippen molar-refractivity contribution in [3.63, 3.8) is 0 Å². The molecule has 0 aliphatic heterocycles. The summed E-state index contributed by atoms with van der Waals surface area (Å²) in [5, 5.41) is 8.91. The van der Waals surface area contributed by atoms with Crippen molar-refractivity contribution in [1.82, 2.24) is 0 Å². The van der Waals surface area contributed by atoms with Crippen LogP contribution >= 0.6 is 0 Å². The van der Waals surface area contributed by atoms with Crippen molar-refractivity contribution in [3.05, 3.63) is 65.7 Å². The molecule has 0 heterocycles. The molecule has 0 saturated carbocycles. The highest BCUT2D eigenvalue weighted by atomic mass is 16.5. The van der Waals surface area contributed by atoms with E-state index < -0.39 is 0 Å². The second-order valence-electron chi connectivity index (χ2n) is 3.58. The molecule has 0 radical (unpaired) electrons. The van der Waals surface area contributed by atoms with Crippen LogP contribution in [0.25, 0.3) is 0 Å². The van der Waals surface area contributed by atoms with E-state index >= 15 is 0 Å². The normalized spacial score (nSPS) is 9.28. The predicted octanol–water partition coefficient (Wildman–Crippen LogP) is 3.78. The van der Waals surface area contributed by atoms with E-state index in [0.717, 1.165) is 16.9 Å². The van der Waals surface area contributed by atoms with E-state index in [9.17, 15) is 0 Å². The summed E-state index contributed by atoms with van der Waals surface area (Å²) in [4.78, 5) is 0. The van der Waals surface area contributed by atoms with Gasteiger partial charge in [-0.1, -0.05) is 56.3 Å². The van der Waals surface area contributed by atoms with Crippen LogP contribution in [-0.2, 0) is 13.2 Å². The van der Waals surface area contributed by atoms with Gasteiger partial charge in [-0.3, -0.25) is 0 Å². The first kappa shape index (κ1) is 14.3. The standard InChI is InChI=1S/C14H14O2.C2H6/c15-10-12-6-8-13(9-7-12)11-16-14-4-2-1-3-5-14;1-2/h1-9,15H,10-11H2;1-2H3. The molecular weight excluding hydrogens is 224 g/mol. The summed E-state index contributed by atoms with van der Waals surface area (Å²) >= 11 is 0. The minimum atomic E-state index is 0.0832. The molecule has 96 valence electrons. The SMILES string of the molecule is CC.OCc1ccc(COc2ccccc2)cc1. The monoisotopic (exact) mass is 244 g/mol. The second kappa shape index (κ2) is 8.31. The van der Waals surface area contributed by atoms with Crippen molar-refractivity contribution in [2.24, 2.45) is 0 Å². The number of hydrogen-bond donors (Lipinski definition) is 1. The Labute approximate surface area is 109 Å². The van der Waals surface area contributed by atoms with Crippen molar-refractivity contribution in [2.75, 3.05) is 0 Å². The van der Waals surface area contributed by atoms with Crippen molar-refractivity contribution in [3.8, 4) is 5.75 Å². The van der Waals surface area contributed by atoms with Crippen LogP contribution in [0.4, 0.5) is 0 Å². The first-order chi connectivity index (χ1) is 8.88. The number of para-hydroxylation sites is 1. The third kappa shape index (κ3) is 4.60. The molecule has 0 aliphatic carbocycles. The van der Waals surface area contributed by atoms with E-state index in [2.05, 4.69) is 0 Å². The van der Waals surface area contributed by atoms with E-state index in [1.54, 1.807) is 0 Å².